The lowest BCUT2D eigenvalue weighted by Crippen LogP contribution is -2.57. The van der Waals surface area contributed by atoms with Crippen molar-refractivity contribution in [2.45, 2.75) is 29.0 Å². The fourth-order valence-electron chi connectivity index (χ4n) is 3.79. The molecule has 1 fully saturated rings. The predicted octanol–water partition coefficient (Wildman–Crippen LogP) is 4.11. The summed E-state index contributed by atoms with van der Waals surface area (Å²) < 4.78 is 57.5. The van der Waals surface area contributed by atoms with E-state index in [1.165, 1.54) is 12.1 Å². The Morgan fingerprint density at radius 1 is 1.17 bits per heavy atom. The average Bonchev–Trinajstić information content (AvgIpc) is 3.18. The van der Waals surface area contributed by atoms with E-state index in [9.17, 15) is 18.0 Å². The van der Waals surface area contributed by atoms with Gasteiger partial charge in [-0.1, -0.05) is 59.8 Å². The molecule has 1 saturated heterocycles. The van der Waals surface area contributed by atoms with Crippen molar-refractivity contribution >= 4 is 35.1 Å². The highest BCUT2D eigenvalue weighted by Gasteiger charge is 2.48. The summed E-state index contributed by atoms with van der Waals surface area (Å²) in [7, 11) is 0. The third kappa shape index (κ3) is 5.41. The molecule has 2 atom stereocenters. The molecule has 2 unspecified atom stereocenters. The number of carbonyl (C=O) groups is 1. The van der Waals surface area contributed by atoms with Gasteiger partial charge >= 0.3 is 6.18 Å². The highest BCUT2D eigenvalue weighted by atomic mass is 35.5. The number of halogens is 5. The SMILES string of the molecule is N=C(N)c1ccc(CSc2c(F)c(C3NCCNC3C(F)(F)F)nn2C(=O)c2ccccc2Cl)cc1. The largest absolute Gasteiger partial charge is 0.405 e. The normalized spacial score (nSPS) is 18.2. The molecule has 2 aromatic carbocycles. The smallest absolute Gasteiger partial charge is 0.384 e. The van der Waals surface area contributed by atoms with E-state index in [4.69, 9.17) is 22.7 Å². The first kappa shape index (κ1) is 26.1. The van der Waals surface area contributed by atoms with Crippen molar-refractivity contribution in [1.82, 2.24) is 20.4 Å². The first-order chi connectivity index (χ1) is 17.1. The van der Waals surface area contributed by atoms with Crippen molar-refractivity contribution in [3.63, 3.8) is 0 Å². The number of nitrogens with zero attached hydrogens (tertiary/aromatic N) is 2. The molecule has 36 heavy (non-hydrogen) atoms. The first-order valence-corrected chi connectivity index (χ1v) is 12.1. The summed E-state index contributed by atoms with van der Waals surface area (Å²) in [4.78, 5) is 13.3. The maximum atomic E-state index is 15.7. The van der Waals surface area contributed by atoms with Gasteiger partial charge in [0.05, 0.1) is 16.6 Å². The molecule has 0 aliphatic carbocycles. The maximum absolute atomic E-state index is 15.7. The van der Waals surface area contributed by atoms with E-state index in [2.05, 4.69) is 15.7 Å². The second-order valence-electron chi connectivity index (χ2n) is 8.01. The number of nitrogen functional groups attached to an aromatic ring is 1. The zero-order chi connectivity index (χ0) is 26.0. The van der Waals surface area contributed by atoms with Gasteiger partial charge in [0.15, 0.2) is 5.82 Å². The molecule has 0 saturated carbocycles. The second-order valence-corrected chi connectivity index (χ2v) is 9.38. The van der Waals surface area contributed by atoms with Gasteiger partial charge < -0.3 is 16.4 Å². The van der Waals surface area contributed by atoms with E-state index in [-0.39, 0.29) is 40.3 Å². The molecule has 3 aromatic rings. The summed E-state index contributed by atoms with van der Waals surface area (Å²) in [6.45, 7) is 0.201. The molecule has 1 aliphatic heterocycles. The number of thioether (sulfide) groups is 1. The number of piperazine rings is 1. The van der Waals surface area contributed by atoms with Gasteiger partial charge in [-0.25, -0.2) is 4.39 Å². The van der Waals surface area contributed by atoms with Crippen LogP contribution in [0.5, 0.6) is 0 Å². The summed E-state index contributed by atoms with van der Waals surface area (Å²) in [5.41, 5.74) is 6.20. The van der Waals surface area contributed by atoms with Crippen LogP contribution < -0.4 is 16.4 Å². The van der Waals surface area contributed by atoms with Gasteiger partial charge in [0.1, 0.15) is 22.6 Å². The van der Waals surface area contributed by atoms with E-state index < -0.39 is 35.7 Å². The number of nitrogens with one attached hydrogen (secondary N) is 3. The van der Waals surface area contributed by atoms with Crippen molar-refractivity contribution in [3.05, 3.63) is 81.8 Å². The molecule has 5 N–H and O–H groups in total. The average molecular weight is 541 g/mol. The van der Waals surface area contributed by atoms with Gasteiger partial charge in [-0.3, -0.25) is 10.2 Å². The van der Waals surface area contributed by atoms with Crippen LogP contribution in [0.4, 0.5) is 17.6 Å². The Morgan fingerprint density at radius 3 is 2.47 bits per heavy atom. The molecule has 1 aliphatic rings. The Balaban J connectivity index is 1.73. The number of carbonyl (C=O) groups excluding carboxylic acids is 1. The Labute approximate surface area is 212 Å². The fourth-order valence-corrected chi connectivity index (χ4v) is 4.98. The number of rotatable bonds is 6. The molecule has 0 spiro atoms. The van der Waals surface area contributed by atoms with Crippen LogP contribution in [-0.4, -0.2) is 46.8 Å². The van der Waals surface area contributed by atoms with Gasteiger partial charge in [0.2, 0.25) is 0 Å². The summed E-state index contributed by atoms with van der Waals surface area (Å²) in [5, 5.41) is 16.4. The van der Waals surface area contributed by atoms with Gasteiger partial charge in [-0.15, -0.1) is 0 Å². The van der Waals surface area contributed by atoms with E-state index in [0.717, 1.165) is 22.0 Å². The molecule has 1 aromatic heterocycles. The number of aromatic nitrogens is 2. The Kier molecular flexibility index (Phi) is 7.69. The molecule has 0 radical (unpaired) electrons. The predicted molar refractivity (Wildman–Crippen MR) is 129 cm³/mol. The zero-order valence-corrected chi connectivity index (χ0v) is 20.1. The molecule has 2 heterocycles. The van der Waals surface area contributed by atoms with Crippen LogP contribution in [0.3, 0.4) is 0 Å². The third-order valence-electron chi connectivity index (χ3n) is 5.58. The fraction of sp³-hybridized carbons (Fsp3) is 0.261. The minimum absolute atomic E-state index is 0.0305. The highest BCUT2D eigenvalue weighted by Crippen LogP contribution is 2.36. The lowest BCUT2D eigenvalue weighted by Gasteiger charge is -2.33. The van der Waals surface area contributed by atoms with Crippen molar-refractivity contribution in [1.29, 1.82) is 5.41 Å². The Morgan fingerprint density at radius 2 is 1.83 bits per heavy atom. The van der Waals surface area contributed by atoms with Gasteiger partial charge in [0.25, 0.3) is 5.91 Å². The molecule has 0 bridgehead atoms. The summed E-state index contributed by atoms with van der Waals surface area (Å²) in [6, 6.07) is 9.08. The standard InChI is InChI=1S/C23H21ClF4N6OS/c24-15-4-2-1-3-14(15)21(35)34-22(36-11-12-5-7-13(8-6-12)20(29)30)16(25)17(33-34)18-19(23(26,27)28)32-10-9-31-18/h1-8,18-19,31-32H,9-11H2,(H3,29,30). The van der Waals surface area contributed by atoms with Crippen molar-refractivity contribution < 1.29 is 22.4 Å². The van der Waals surface area contributed by atoms with Crippen molar-refractivity contribution in [3.8, 4) is 0 Å². The molecular formula is C23H21ClF4N6OS. The molecule has 190 valence electrons. The van der Waals surface area contributed by atoms with E-state index in [1.54, 1.807) is 36.4 Å². The van der Waals surface area contributed by atoms with E-state index in [1.807, 2.05) is 0 Å². The second kappa shape index (κ2) is 10.6. The van der Waals surface area contributed by atoms with E-state index >= 15 is 4.39 Å². The number of benzene rings is 2. The molecular weight excluding hydrogens is 520 g/mol. The van der Waals surface area contributed by atoms with Gasteiger partial charge in [-0.2, -0.15) is 23.0 Å². The molecule has 4 rings (SSSR count). The number of hydrogen-bond acceptors (Lipinski definition) is 6. The lowest BCUT2D eigenvalue weighted by atomic mass is 10.0. The highest BCUT2D eigenvalue weighted by molar-refractivity contribution is 7.98. The monoisotopic (exact) mass is 540 g/mol. The summed E-state index contributed by atoms with van der Waals surface area (Å²) >= 11 is 7.06. The van der Waals surface area contributed by atoms with Crippen LogP contribution in [0.2, 0.25) is 5.02 Å². The number of nitrogens with two attached hydrogens (primary N) is 1. The first-order valence-electron chi connectivity index (χ1n) is 10.7. The molecule has 0 amide bonds. The van der Waals surface area contributed by atoms with Crippen LogP contribution >= 0.6 is 23.4 Å². The Bertz CT molecular complexity index is 1280. The topological polar surface area (TPSA) is 109 Å². The number of hydrogen-bond donors (Lipinski definition) is 4. The van der Waals surface area contributed by atoms with Crippen molar-refractivity contribution in [2.75, 3.05) is 13.1 Å². The molecule has 7 nitrogen and oxygen atoms in total. The minimum Gasteiger partial charge on any atom is -0.384 e. The van der Waals surface area contributed by atoms with Crippen LogP contribution in [0, 0.1) is 11.2 Å². The molecule has 13 heteroatoms. The summed E-state index contributed by atoms with van der Waals surface area (Å²) in [6.07, 6.45) is -4.67. The number of amidine groups is 1. The van der Waals surface area contributed by atoms with Gasteiger partial charge in [0, 0.05) is 24.4 Å². The van der Waals surface area contributed by atoms with Crippen LogP contribution in [0.25, 0.3) is 0 Å². The maximum Gasteiger partial charge on any atom is 0.405 e. The lowest BCUT2D eigenvalue weighted by molar-refractivity contribution is -0.166. The minimum atomic E-state index is -4.67. The van der Waals surface area contributed by atoms with Crippen molar-refractivity contribution in [2.24, 2.45) is 5.73 Å². The van der Waals surface area contributed by atoms with E-state index in [0.29, 0.717) is 5.56 Å². The van der Waals surface area contributed by atoms with Crippen LogP contribution in [0.15, 0.2) is 53.6 Å². The zero-order valence-electron chi connectivity index (χ0n) is 18.6. The van der Waals surface area contributed by atoms with Gasteiger partial charge in [-0.05, 0) is 17.7 Å². The van der Waals surface area contributed by atoms with Crippen LogP contribution in [0.1, 0.15) is 33.2 Å². The number of alkyl halides is 3. The summed E-state index contributed by atoms with van der Waals surface area (Å²) in [5.74, 6) is -1.72. The Hall–Kier alpha value is -2.93. The quantitative estimate of drug-likeness (QED) is 0.162. The third-order valence-corrected chi connectivity index (χ3v) is 7.02. The van der Waals surface area contributed by atoms with Crippen LogP contribution in [-0.2, 0) is 5.75 Å².